The lowest BCUT2D eigenvalue weighted by atomic mass is 10.1. The Hall–Kier alpha value is -2.35. The number of hydrogen-bond acceptors (Lipinski definition) is 6. The van der Waals surface area contributed by atoms with E-state index in [2.05, 4.69) is 5.16 Å². The van der Waals surface area contributed by atoms with Crippen molar-refractivity contribution in [3.05, 3.63) is 35.7 Å². The van der Waals surface area contributed by atoms with Crippen LogP contribution in [0, 0.1) is 0 Å². The molecule has 1 aromatic heterocycles. The van der Waals surface area contributed by atoms with Crippen molar-refractivity contribution >= 4 is 21.4 Å². The third-order valence-electron chi connectivity index (χ3n) is 3.80. The first kappa shape index (κ1) is 16.5. The molecule has 0 radical (unpaired) electrons. The number of rotatable bonds is 3. The Morgan fingerprint density at radius 1 is 1.29 bits per heavy atom. The standard InChI is InChI=1S/C16H18N2O5S/c1-10(2)12-9-15(23-17-12)16(19)18-6-7-22-14-5-4-11(8-13(14)18)24(3,20)21/h4-5,8-10H,6-7H2,1-3H3. The van der Waals surface area contributed by atoms with Gasteiger partial charge in [-0.1, -0.05) is 19.0 Å². The SMILES string of the molecule is CC(C)c1cc(C(=O)N2CCOc3ccc(S(C)(=O)=O)cc32)on1. The molecule has 1 amide bonds. The Bertz CT molecular complexity index is 886. The zero-order valence-electron chi connectivity index (χ0n) is 13.6. The van der Waals surface area contributed by atoms with E-state index in [1.165, 1.54) is 17.0 Å². The molecule has 8 heteroatoms. The summed E-state index contributed by atoms with van der Waals surface area (Å²) < 4.78 is 34.2. The van der Waals surface area contributed by atoms with Gasteiger partial charge >= 0.3 is 0 Å². The number of fused-ring (bicyclic) bond motifs is 1. The molecule has 0 saturated heterocycles. The van der Waals surface area contributed by atoms with Crippen molar-refractivity contribution in [3.8, 4) is 5.75 Å². The van der Waals surface area contributed by atoms with Crippen LogP contribution in [-0.2, 0) is 9.84 Å². The van der Waals surface area contributed by atoms with Crippen LogP contribution in [-0.4, -0.2) is 38.9 Å². The van der Waals surface area contributed by atoms with E-state index in [9.17, 15) is 13.2 Å². The molecule has 0 spiro atoms. The largest absolute Gasteiger partial charge is 0.490 e. The van der Waals surface area contributed by atoms with E-state index in [1.807, 2.05) is 13.8 Å². The highest BCUT2D eigenvalue weighted by molar-refractivity contribution is 7.90. The number of anilines is 1. The van der Waals surface area contributed by atoms with E-state index in [1.54, 1.807) is 12.1 Å². The van der Waals surface area contributed by atoms with E-state index in [-0.39, 0.29) is 22.5 Å². The lowest BCUT2D eigenvalue weighted by Gasteiger charge is -2.29. The number of hydrogen-bond donors (Lipinski definition) is 0. The zero-order chi connectivity index (χ0) is 17.5. The van der Waals surface area contributed by atoms with Crippen LogP contribution < -0.4 is 9.64 Å². The number of carbonyl (C=O) groups is 1. The summed E-state index contributed by atoms with van der Waals surface area (Å²) in [5, 5.41) is 3.89. The topological polar surface area (TPSA) is 89.7 Å². The van der Waals surface area contributed by atoms with Gasteiger partial charge in [0.05, 0.1) is 22.8 Å². The molecule has 0 atom stereocenters. The van der Waals surface area contributed by atoms with Gasteiger partial charge in [-0.3, -0.25) is 9.69 Å². The quantitative estimate of drug-likeness (QED) is 0.843. The molecule has 2 aromatic rings. The third kappa shape index (κ3) is 3.01. The molecule has 2 heterocycles. The first-order valence-electron chi connectivity index (χ1n) is 7.53. The van der Waals surface area contributed by atoms with Crippen molar-refractivity contribution in [3.63, 3.8) is 0 Å². The van der Waals surface area contributed by atoms with E-state index in [0.717, 1.165) is 6.26 Å². The van der Waals surface area contributed by atoms with Crippen LogP contribution in [0.25, 0.3) is 0 Å². The van der Waals surface area contributed by atoms with E-state index >= 15 is 0 Å². The number of amides is 1. The molecular weight excluding hydrogens is 332 g/mol. The molecule has 0 unspecified atom stereocenters. The van der Waals surface area contributed by atoms with Crippen molar-refractivity contribution in [1.29, 1.82) is 0 Å². The van der Waals surface area contributed by atoms with E-state index < -0.39 is 9.84 Å². The molecule has 0 aliphatic carbocycles. The molecule has 1 aliphatic heterocycles. The van der Waals surface area contributed by atoms with Crippen molar-refractivity contribution in [2.75, 3.05) is 24.3 Å². The second-order valence-corrected chi connectivity index (χ2v) is 7.99. The fourth-order valence-electron chi connectivity index (χ4n) is 2.43. The van der Waals surface area contributed by atoms with Gasteiger partial charge in [0.2, 0.25) is 5.76 Å². The number of nitrogens with zero attached hydrogens (tertiary/aromatic N) is 2. The lowest BCUT2D eigenvalue weighted by Crippen LogP contribution is -2.37. The predicted octanol–water partition coefficient (Wildman–Crippen LogP) is 2.24. The number of ether oxygens (including phenoxy) is 1. The van der Waals surface area contributed by atoms with Crippen molar-refractivity contribution in [1.82, 2.24) is 5.16 Å². The van der Waals surface area contributed by atoms with Crippen molar-refractivity contribution in [2.45, 2.75) is 24.7 Å². The summed E-state index contributed by atoms with van der Waals surface area (Å²) in [4.78, 5) is 14.3. The molecule has 1 aliphatic rings. The number of carbonyl (C=O) groups excluding carboxylic acids is 1. The van der Waals surface area contributed by atoms with Gasteiger partial charge in [0.1, 0.15) is 12.4 Å². The third-order valence-corrected chi connectivity index (χ3v) is 4.91. The summed E-state index contributed by atoms with van der Waals surface area (Å²) in [6, 6.07) is 6.09. The molecule has 1 aromatic carbocycles. The van der Waals surface area contributed by atoms with Crippen molar-refractivity contribution < 1.29 is 22.5 Å². The normalized spacial score (nSPS) is 14.4. The summed E-state index contributed by atoms with van der Waals surface area (Å²) in [5.74, 6) is 0.357. The smallest absolute Gasteiger partial charge is 0.297 e. The average molecular weight is 350 g/mol. The number of aromatic nitrogens is 1. The summed E-state index contributed by atoms with van der Waals surface area (Å²) >= 11 is 0. The fraction of sp³-hybridized carbons (Fsp3) is 0.375. The lowest BCUT2D eigenvalue weighted by molar-refractivity contribution is 0.0940. The van der Waals surface area contributed by atoms with Crippen LogP contribution in [0.2, 0.25) is 0 Å². The Labute approximate surface area is 140 Å². The molecule has 0 saturated carbocycles. The molecule has 128 valence electrons. The van der Waals surface area contributed by atoms with Crippen LogP contribution >= 0.6 is 0 Å². The monoisotopic (exact) mass is 350 g/mol. The summed E-state index contributed by atoms with van der Waals surface area (Å²) in [7, 11) is -3.39. The molecule has 24 heavy (non-hydrogen) atoms. The molecule has 7 nitrogen and oxygen atoms in total. The van der Waals surface area contributed by atoms with E-state index in [4.69, 9.17) is 9.26 Å². The Balaban J connectivity index is 2.00. The second kappa shape index (κ2) is 5.94. The molecule has 0 N–H and O–H groups in total. The summed E-state index contributed by atoms with van der Waals surface area (Å²) in [6.45, 7) is 4.53. The average Bonchev–Trinajstić information content (AvgIpc) is 3.02. The highest BCUT2D eigenvalue weighted by Gasteiger charge is 2.28. The van der Waals surface area contributed by atoms with Gasteiger partial charge < -0.3 is 9.26 Å². The minimum atomic E-state index is -3.39. The highest BCUT2D eigenvalue weighted by atomic mass is 32.2. The van der Waals surface area contributed by atoms with Gasteiger partial charge in [0.25, 0.3) is 5.91 Å². The van der Waals surface area contributed by atoms with E-state index in [0.29, 0.717) is 30.3 Å². The maximum atomic E-state index is 12.7. The Kier molecular flexibility index (Phi) is 4.08. The summed E-state index contributed by atoms with van der Waals surface area (Å²) in [6.07, 6.45) is 1.12. The molecule has 3 rings (SSSR count). The van der Waals surface area contributed by atoms with Crippen molar-refractivity contribution in [2.24, 2.45) is 0 Å². The maximum Gasteiger partial charge on any atom is 0.297 e. The zero-order valence-corrected chi connectivity index (χ0v) is 14.5. The summed E-state index contributed by atoms with van der Waals surface area (Å²) in [5.41, 5.74) is 1.10. The van der Waals surface area contributed by atoms with Crippen LogP contribution in [0.3, 0.4) is 0 Å². The van der Waals surface area contributed by atoms with Gasteiger partial charge in [-0.05, 0) is 24.1 Å². The van der Waals surface area contributed by atoms with Gasteiger partial charge in [0.15, 0.2) is 9.84 Å². The van der Waals surface area contributed by atoms with Crippen LogP contribution in [0.1, 0.15) is 36.0 Å². The van der Waals surface area contributed by atoms with Crippen LogP contribution in [0.5, 0.6) is 5.75 Å². The van der Waals surface area contributed by atoms with Gasteiger partial charge in [-0.25, -0.2) is 8.42 Å². The van der Waals surface area contributed by atoms with Gasteiger partial charge in [0, 0.05) is 12.3 Å². The van der Waals surface area contributed by atoms with Gasteiger partial charge in [-0.2, -0.15) is 0 Å². The molecular formula is C16H18N2O5S. The highest BCUT2D eigenvalue weighted by Crippen LogP contribution is 2.34. The minimum absolute atomic E-state index is 0.122. The molecule has 0 fully saturated rings. The second-order valence-electron chi connectivity index (χ2n) is 5.98. The first-order valence-corrected chi connectivity index (χ1v) is 9.42. The Morgan fingerprint density at radius 3 is 2.67 bits per heavy atom. The molecule has 0 bridgehead atoms. The fourth-order valence-corrected chi connectivity index (χ4v) is 3.07. The first-order chi connectivity index (χ1) is 11.3. The van der Waals surface area contributed by atoms with Gasteiger partial charge in [-0.15, -0.1) is 0 Å². The predicted molar refractivity (Wildman–Crippen MR) is 87.3 cm³/mol. The van der Waals surface area contributed by atoms with Crippen LogP contribution in [0.15, 0.2) is 33.7 Å². The minimum Gasteiger partial charge on any atom is -0.490 e. The number of sulfone groups is 1. The van der Waals surface area contributed by atoms with Crippen LogP contribution in [0.4, 0.5) is 5.69 Å². The Morgan fingerprint density at radius 2 is 2.04 bits per heavy atom. The maximum absolute atomic E-state index is 12.7. The number of benzene rings is 1.